The molecule has 1 aromatic rings. The summed E-state index contributed by atoms with van der Waals surface area (Å²) in [5, 5.41) is 4.64. The second-order valence-corrected chi connectivity index (χ2v) is 10.6. The van der Waals surface area contributed by atoms with Crippen molar-refractivity contribution in [2.75, 3.05) is 26.2 Å². The van der Waals surface area contributed by atoms with Crippen LogP contribution in [0.4, 0.5) is 4.79 Å². The fraction of sp³-hybridized carbons (Fsp3) is 0.524. The van der Waals surface area contributed by atoms with Crippen LogP contribution in [0.25, 0.3) is 0 Å². The van der Waals surface area contributed by atoms with E-state index in [2.05, 4.69) is 10.6 Å². The number of esters is 1. The van der Waals surface area contributed by atoms with Crippen molar-refractivity contribution in [3.05, 3.63) is 29.8 Å². The van der Waals surface area contributed by atoms with Crippen molar-refractivity contribution >= 4 is 33.8 Å². The summed E-state index contributed by atoms with van der Waals surface area (Å²) < 4.78 is 32.3. The quantitative estimate of drug-likeness (QED) is 0.589. The zero-order valence-corrected chi connectivity index (χ0v) is 20.2. The largest absolute Gasteiger partial charge is 0.449 e. The maximum absolute atomic E-state index is 13.0. The Labute approximate surface area is 193 Å². The standard InChI is InChI=1S/C21H30N4O7S/c1-14(18(27)22-20(29)23-21(3,4)5)32-19(28)16-7-6-8-17(13-16)33(30,31)25-11-9-24(10-12-25)15(2)26/h6-8,13-14H,9-12H2,1-5H3,(H2,22,23,27,29). The highest BCUT2D eigenvalue weighted by molar-refractivity contribution is 7.89. The van der Waals surface area contributed by atoms with E-state index in [1.54, 1.807) is 25.7 Å². The van der Waals surface area contributed by atoms with Gasteiger partial charge in [0.2, 0.25) is 15.9 Å². The van der Waals surface area contributed by atoms with Crippen LogP contribution in [0, 0.1) is 0 Å². The number of nitrogens with zero attached hydrogens (tertiary/aromatic N) is 2. The van der Waals surface area contributed by atoms with Gasteiger partial charge in [0, 0.05) is 38.6 Å². The van der Waals surface area contributed by atoms with Crippen LogP contribution in [0.2, 0.25) is 0 Å². The van der Waals surface area contributed by atoms with Gasteiger partial charge in [0.1, 0.15) is 0 Å². The zero-order valence-electron chi connectivity index (χ0n) is 19.4. The Bertz CT molecular complexity index is 1030. The van der Waals surface area contributed by atoms with E-state index < -0.39 is 39.6 Å². The number of hydrogen-bond donors (Lipinski definition) is 2. The first-order valence-electron chi connectivity index (χ1n) is 10.4. The molecule has 2 N–H and O–H groups in total. The highest BCUT2D eigenvalue weighted by Gasteiger charge is 2.30. The molecule has 11 nitrogen and oxygen atoms in total. The molecular weight excluding hydrogens is 452 g/mol. The molecule has 1 aliphatic heterocycles. The predicted molar refractivity (Wildman–Crippen MR) is 119 cm³/mol. The van der Waals surface area contributed by atoms with Gasteiger partial charge in [-0.15, -0.1) is 0 Å². The summed E-state index contributed by atoms with van der Waals surface area (Å²) in [6, 6.07) is 4.57. The van der Waals surface area contributed by atoms with Crippen molar-refractivity contribution in [1.82, 2.24) is 19.8 Å². The topological polar surface area (TPSA) is 142 Å². The van der Waals surface area contributed by atoms with Crippen LogP contribution in [-0.4, -0.2) is 79.3 Å². The van der Waals surface area contributed by atoms with Gasteiger partial charge in [-0.25, -0.2) is 18.0 Å². The van der Waals surface area contributed by atoms with Crippen molar-refractivity contribution in [2.24, 2.45) is 0 Å². The SMILES string of the molecule is CC(=O)N1CCN(S(=O)(=O)c2cccc(C(=O)OC(C)C(=O)NC(=O)NC(C)(C)C)c2)CC1. The monoisotopic (exact) mass is 482 g/mol. The highest BCUT2D eigenvalue weighted by Crippen LogP contribution is 2.19. The third kappa shape index (κ3) is 7.26. The number of ether oxygens (including phenoxy) is 1. The van der Waals surface area contributed by atoms with E-state index in [-0.39, 0.29) is 42.5 Å². The van der Waals surface area contributed by atoms with Gasteiger partial charge in [0.05, 0.1) is 10.5 Å². The summed E-state index contributed by atoms with van der Waals surface area (Å²) in [7, 11) is -3.89. The molecule has 12 heteroatoms. The van der Waals surface area contributed by atoms with Crippen LogP contribution in [0.1, 0.15) is 45.0 Å². The zero-order chi connectivity index (χ0) is 25.0. The Hall–Kier alpha value is -2.99. The molecule has 33 heavy (non-hydrogen) atoms. The Morgan fingerprint density at radius 2 is 1.67 bits per heavy atom. The minimum atomic E-state index is -3.89. The molecule has 4 amide bonds. The smallest absolute Gasteiger partial charge is 0.338 e. The molecule has 1 saturated heterocycles. The lowest BCUT2D eigenvalue weighted by atomic mass is 10.1. The number of rotatable bonds is 5. The summed E-state index contributed by atoms with van der Waals surface area (Å²) >= 11 is 0. The van der Waals surface area contributed by atoms with Crippen molar-refractivity contribution in [3.8, 4) is 0 Å². The molecule has 0 spiro atoms. The van der Waals surface area contributed by atoms with Gasteiger partial charge in [0.15, 0.2) is 6.10 Å². The Balaban J connectivity index is 2.04. The number of imide groups is 1. The van der Waals surface area contributed by atoms with E-state index >= 15 is 0 Å². The fourth-order valence-corrected chi connectivity index (χ4v) is 4.51. The molecule has 1 aromatic carbocycles. The molecule has 1 unspecified atom stereocenters. The lowest BCUT2D eigenvalue weighted by Gasteiger charge is -2.33. The second-order valence-electron chi connectivity index (χ2n) is 8.68. The van der Waals surface area contributed by atoms with Gasteiger partial charge >= 0.3 is 12.0 Å². The predicted octanol–water partition coefficient (Wildman–Crippen LogP) is 0.709. The van der Waals surface area contributed by atoms with E-state index in [0.29, 0.717) is 0 Å². The van der Waals surface area contributed by atoms with Crippen molar-refractivity contribution in [3.63, 3.8) is 0 Å². The number of hydrogen-bond acceptors (Lipinski definition) is 7. The molecule has 1 fully saturated rings. The van der Waals surface area contributed by atoms with Gasteiger partial charge < -0.3 is 15.0 Å². The van der Waals surface area contributed by atoms with E-state index in [0.717, 1.165) is 0 Å². The van der Waals surface area contributed by atoms with Crippen molar-refractivity contribution < 1.29 is 32.3 Å². The fourth-order valence-electron chi connectivity index (χ4n) is 3.04. The number of amides is 4. The number of carbonyl (C=O) groups is 4. The lowest BCUT2D eigenvalue weighted by Crippen LogP contribution is -2.50. The summed E-state index contributed by atoms with van der Waals surface area (Å²) in [6.45, 7) is 8.80. The number of sulfonamides is 1. The first-order valence-corrected chi connectivity index (χ1v) is 11.8. The van der Waals surface area contributed by atoms with Gasteiger partial charge in [-0.3, -0.25) is 14.9 Å². The van der Waals surface area contributed by atoms with E-state index in [9.17, 15) is 27.6 Å². The third-order valence-electron chi connectivity index (χ3n) is 4.77. The molecule has 1 heterocycles. The molecule has 0 bridgehead atoms. The van der Waals surface area contributed by atoms with Crippen LogP contribution in [0.5, 0.6) is 0 Å². The average Bonchev–Trinajstić information content (AvgIpc) is 2.72. The number of piperazine rings is 1. The van der Waals surface area contributed by atoms with Crippen LogP contribution in [0.3, 0.4) is 0 Å². The maximum atomic E-state index is 13.0. The molecular formula is C21H30N4O7S. The molecule has 0 saturated carbocycles. The highest BCUT2D eigenvalue weighted by atomic mass is 32.2. The maximum Gasteiger partial charge on any atom is 0.338 e. The molecule has 1 atom stereocenters. The van der Waals surface area contributed by atoms with E-state index in [1.807, 2.05) is 0 Å². The normalized spacial score (nSPS) is 16.0. The second kappa shape index (κ2) is 10.3. The summed E-state index contributed by atoms with van der Waals surface area (Å²) in [4.78, 5) is 49.4. The van der Waals surface area contributed by atoms with Gasteiger partial charge in [0.25, 0.3) is 5.91 Å². The van der Waals surface area contributed by atoms with Crippen LogP contribution < -0.4 is 10.6 Å². The minimum absolute atomic E-state index is 0.0581. The van der Waals surface area contributed by atoms with E-state index in [4.69, 9.17) is 4.74 Å². The van der Waals surface area contributed by atoms with Crippen LogP contribution in [-0.2, 0) is 24.3 Å². The number of nitrogens with one attached hydrogen (secondary N) is 2. The van der Waals surface area contributed by atoms with E-state index in [1.165, 1.54) is 42.4 Å². The number of urea groups is 1. The minimum Gasteiger partial charge on any atom is -0.449 e. The molecule has 1 aliphatic rings. The number of benzene rings is 1. The van der Waals surface area contributed by atoms with Gasteiger partial charge in [-0.05, 0) is 45.9 Å². The first kappa shape index (κ1) is 26.3. The lowest BCUT2D eigenvalue weighted by molar-refractivity contribution is -0.130. The molecule has 2 rings (SSSR count). The molecule has 0 radical (unpaired) electrons. The summed E-state index contributed by atoms with van der Waals surface area (Å²) in [6.07, 6.45) is -1.29. The Kier molecular flexibility index (Phi) is 8.20. The first-order chi connectivity index (χ1) is 15.2. The third-order valence-corrected chi connectivity index (χ3v) is 6.66. The number of carbonyl (C=O) groups excluding carboxylic acids is 4. The van der Waals surface area contributed by atoms with Crippen LogP contribution >= 0.6 is 0 Å². The van der Waals surface area contributed by atoms with Crippen molar-refractivity contribution in [2.45, 2.75) is 51.2 Å². The molecule has 0 aromatic heterocycles. The molecule has 182 valence electrons. The Morgan fingerprint density at radius 1 is 1.06 bits per heavy atom. The summed E-state index contributed by atoms with van der Waals surface area (Å²) in [5.41, 5.74) is -0.619. The van der Waals surface area contributed by atoms with Gasteiger partial charge in [-0.1, -0.05) is 6.07 Å². The summed E-state index contributed by atoms with van der Waals surface area (Å²) in [5.74, 6) is -1.85. The molecule has 0 aliphatic carbocycles. The Morgan fingerprint density at radius 3 is 2.21 bits per heavy atom. The van der Waals surface area contributed by atoms with Crippen LogP contribution in [0.15, 0.2) is 29.2 Å². The van der Waals surface area contributed by atoms with Crippen molar-refractivity contribution in [1.29, 1.82) is 0 Å². The van der Waals surface area contributed by atoms with Gasteiger partial charge in [-0.2, -0.15) is 4.31 Å². The average molecular weight is 483 g/mol.